The fourth-order valence-corrected chi connectivity index (χ4v) is 3.03. The van der Waals surface area contributed by atoms with E-state index in [4.69, 9.17) is 0 Å². The summed E-state index contributed by atoms with van der Waals surface area (Å²) in [5.41, 5.74) is 0.643. The molecule has 1 N–H and O–H groups in total. The molecular weight excluding hydrogens is 138 g/mol. The summed E-state index contributed by atoms with van der Waals surface area (Å²) in [6, 6.07) is 0.560. The number of fused-ring (bicyclic) bond motifs is 2. The molecule has 3 rings (SSSR count). The lowest BCUT2D eigenvalue weighted by Crippen LogP contribution is -2.26. The zero-order valence-electron chi connectivity index (χ0n) is 6.60. The first kappa shape index (κ1) is 6.04. The minimum Gasteiger partial charge on any atom is -0.353 e. The molecule has 0 aromatic rings. The van der Waals surface area contributed by atoms with Gasteiger partial charge in [-0.2, -0.15) is 0 Å². The largest absolute Gasteiger partial charge is 0.353 e. The van der Waals surface area contributed by atoms with Crippen molar-refractivity contribution < 1.29 is 4.79 Å². The van der Waals surface area contributed by atoms with Crippen molar-refractivity contribution in [2.24, 2.45) is 11.3 Å². The van der Waals surface area contributed by atoms with E-state index in [9.17, 15) is 4.79 Å². The molecule has 0 bridgehead atoms. The van der Waals surface area contributed by atoms with Gasteiger partial charge in [0, 0.05) is 12.5 Å². The average molecular weight is 151 g/mol. The van der Waals surface area contributed by atoms with Gasteiger partial charge >= 0.3 is 0 Å². The third-order valence-electron chi connectivity index (χ3n) is 3.87. The van der Waals surface area contributed by atoms with Crippen LogP contribution in [-0.2, 0) is 4.79 Å². The highest BCUT2D eigenvalue weighted by Gasteiger charge is 2.58. The molecule has 0 unspecified atom stereocenters. The Labute approximate surface area is 66.4 Å². The second-order valence-corrected chi connectivity index (χ2v) is 4.39. The molecule has 11 heavy (non-hydrogen) atoms. The molecule has 1 amide bonds. The maximum atomic E-state index is 11.1. The Hall–Kier alpha value is -0.530. The average Bonchev–Trinajstić information content (AvgIpc) is 2.57. The third kappa shape index (κ3) is 0.652. The Morgan fingerprint density at radius 3 is 2.91 bits per heavy atom. The first-order valence-corrected chi connectivity index (χ1v) is 4.60. The van der Waals surface area contributed by atoms with E-state index in [1.165, 1.54) is 25.7 Å². The summed E-state index contributed by atoms with van der Waals surface area (Å²) in [5.74, 6) is 1.01. The molecule has 0 aromatic heterocycles. The van der Waals surface area contributed by atoms with Crippen molar-refractivity contribution in [3.8, 4) is 0 Å². The Balaban J connectivity index is 1.91. The number of amides is 1. The fourth-order valence-electron chi connectivity index (χ4n) is 3.03. The zero-order chi connectivity index (χ0) is 7.47. The van der Waals surface area contributed by atoms with Gasteiger partial charge in [-0.1, -0.05) is 0 Å². The quantitative estimate of drug-likeness (QED) is 0.551. The molecule has 60 valence electrons. The number of carbonyl (C=O) groups is 1. The van der Waals surface area contributed by atoms with Crippen LogP contribution in [0.5, 0.6) is 0 Å². The van der Waals surface area contributed by atoms with Crippen LogP contribution in [0, 0.1) is 11.3 Å². The lowest BCUT2D eigenvalue weighted by atomic mass is 9.90. The molecule has 1 heterocycles. The van der Waals surface area contributed by atoms with E-state index in [1.54, 1.807) is 0 Å². The third-order valence-corrected chi connectivity index (χ3v) is 3.87. The van der Waals surface area contributed by atoms with Crippen LogP contribution in [0.3, 0.4) is 0 Å². The van der Waals surface area contributed by atoms with Gasteiger partial charge in [-0.3, -0.25) is 4.79 Å². The van der Waals surface area contributed by atoms with E-state index >= 15 is 0 Å². The second kappa shape index (κ2) is 1.62. The molecule has 2 saturated carbocycles. The van der Waals surface area contributed by atoms with Gasteiger partial charge in [-0.25, -0.2) is 0 Å². The number of carbonyl (C=O) groups excluding carboxylic acids is 1. The van der Waals surface area contributed by atoms with E-state index in [2.05, 4.69) is 5.32 Å². The summed E-state index contributed by atoms with van der Waals surface area (Å²) in [6.45, 7) is 0. The van der Waals surface area contributed by atoms with E-state index in [-0.39, 0.29) is 0 Å². The number of hydrogen-bond acceptors (Lipinski definition) is 1. The maximum absolute atomic E-state index is 11.1. The van der Waals surface area contributed by atoms with Crippen molar-refractivity contribution in [2.45, 2.75) is 38.1 Å². The van der Waals surface area contributed by atoms with Crippen LogP contribution in [0.25, 0.3) is 0 Å². The molecule has 0 radical (unpaired) electrons. The molecule has 0 aromatic carbocycles. The van der Waals surface area contributed by atoms with Crippen molar-refractivity contribution in [3.05, 3.63) is 0 Å². The highest BCUT2D eigenvalue weighted by atomic mass is 16.2. The molecule has 3 aliphatic rings. The highest BCUT2D eigenvalue weighted by molar-refractivity contribution is 5.79. The molecule has 1 spiro atoms. The van der Waals surface area contributed by atoms with Gasteiger partial charge in [-0.15, -0.1) is 0 Å². The van der Waals surface area contributed by atoms with E-state index < -0.39 is 0 Å². The number of hydrogen-bond donors (Lipinski definition) is 1. The smallest absolute Gasteiger partial charge is 0.220 e. The molecule has 2 nitrogen and oxygen atoms in total. The minimum atomic E-state index is 0.297. The second-order valence-electron chi connectivity index (χ2n) is 4.39. The van der Waals surface area contributed by atoms with Gasteiger partial charge in [0.1, 0.15) is 0 Å². The van der Waals surface area contributed by atoms with Crippen LogP contribution in [-0.4, -0.2) is 11.9 Å². The topological polar surface area (TPSA) is 29.1 Å². The van der Waals surface area contributed by atoms with Gasteiger partial charge in [0.25, 0.3) is 0 Å². The summed E-state index contributed by atoms with van der Waals surface area (Å²) in [7, 11) is 0. The Kier molecular flexibility index (Phi) is 0.890. The van der Waals surface area contributed by atoms with Gasteiger partial charge in [0.2, 0.25) is 5.91 Å². The monoisotopic (exact) mass is 151 g/mol. The Morgan fingerprint density at radius 1 is 1.36 bits per heavy atom. The zero-order valence-corrected chi connectivity index (χ0v) is 6.60. The molecule has 2 atom stereocenters. The molecule has 1 saturated heterocycles. The standard InChI is InChI=1S/C9H13NO/c11-8-5-6-7(10-8)1-2-9(6)3-4-9/h6-7H,1-5H2,(H,10,11)/t6-,7-/m1/s1. The number of rotatable bonds is 0. The summed E-state index contributed by atoms with van der Waals surface area (Å²) < 4.78 is 0. The SMILES string of the molecule is O=C1C[C@@H]2[C@@H](CCC23CC3)N1. The molecular formula is C9H13NO. The first-order valence-electron chi connectivity index (χ1n) is 4.60. The number of nitrogens with one attached hydrogen (secondary N) is 1. The Bertz CT molecular complexity index is 220. The molecule has 3 fully saturated rings. The van der Waals surface area contributed by atoms with Gasteiger partial charge in [0.15, 0.2) is 0 Å². The van der Waals surface area contributed by atoms with Crippen LogP contribution in [0.4, 0.5) is 0 Å². The predicted molar refractivity (Wildman–Crippen MR) is 40.9 cm³/mol. The van der Waals surface area contributed by atoms with Crippen LogP contribution in [0.15, 0.2) is 0 Å². The van der Waals surface area contributed by atoms with Crippen molar-refractivity contribution in [1.29, 1.82) is 0 Å². The minimum absolute atomic E-state index is 0.297. The van der Waals surface area contributed by atoms with Crippen molar-refractivity contribution in [3.63, 3.8) is 0 Å². The van der Waals surface area contributed by atoms with Crippen molar-refractivity contribution in [2.75, 3.05) is 0 Å². The van der Waals surface area contributed by atoms with Crippen LogP contribution >= 0.6 is 0 Å². The van der Waals surface area contributed by atoms with Crippen LogP contribution in [0.1, 0.15) is 32.1 Å². The van der Waals surface area contributed by atoms with Crippen LogP contribution < -0.4 is 5.32 Å². The summed E-state index contributed by atoms with van der Waals surface area (Å²) in [6.07, 6.45) is 6.23. The summed E-state index contributed by atoms with van der Waals surface area (Å²) in [5, 5.41) is 3.07. The highest BCUT2D eigenvalue weighted by Crippen LogP contribution is 2.63. The van der Waals surface area contributed by atoms with Crippen LogP contribution in [0.2, 0.25) is 0 Å². The molecule has 1 aliphatic heterocycles. The van der Waals surface area contributed by atoms with Crippen molar-refractivity contribution >= 4 is 5.91 Å². The summed E-state index contributed by atoms with van der Waals surface area (Å²) >= 11 is 0. The fraction of sp³-hybridized carbons (Fsp3) is 0.889. The van der Waals surface area contributed by atoms with E-state index in [0.29, 0.717) is 17.4 Å². The molecule has 2 aliphatic carbocycles. The Morgan fingerprint density at radius 2 is 2.18 bits per heavy atom. The van der Waals surface area contributed by atoms with E-state index in [1.807, 2.05) is 0 Å². The van der Waals surface area contributed by atoms with E-state index in [0.717, 1.165) is 12.3 Å². The van der Waals surface area contributed by atoms with Gasteiger partial charge < -0.3 is 5.32 Å². The van der Waals surface area contributed by atoms with Gasteiger partial charge in [0.05, 0.1) is 0 Å². The summed E-state index contributed by atoms with van der Waals surface area (Å²) in [4.78, 5) is 11.1. The van der Waals surface area contributed by atoms with Gasteiger partial charge in [-0.05, 0) is 37.0 Å². The molecule has 2 heteroatoms. The van der Waals surface area contributed by atoms with Crippen molar-refractivity contribution in [1.82, 2.24) is 5.32 Å². The first-order chi connectivity index (χ1) is 5.30. The lowest BCUT2D eigenvalue weighted by Gasteiger charge is -2.13. The lowest BCUT2D eigenvalue weighted by molar-refractivity contribution is -0.119. The maximum Gasteiger partial charge on any atom is 0.220 e. The normalized spacial score (nSPS) is 44.2. The predicted octanol–water partition coefficient (Wildman–Crippen LogP) is 1.07.